The van der Waals surface area contributed by atoms with E-state index in [2.05, 4.69) is 41.0 Å². The molecule has 4 heterocycles. The number of ether oxygens (including phenoxy) is 2. The minimum absolute atomic E-state index is 0.0972. The molecule has 164 valence electrons. The van der Waals surface area contributed by atoms with E-state index in [9.17, 15) is 4.79 Å². The van der Waals surface area contributed by atoms with E-state index in [0.717, 1.165) is 11.1 Å². The van der Waals surface area contributed by atoms with Gasteiger partial charge in [0.2, 0.25) is 6.79 Å². The lowest BCUT2D eigenvalue weighted by Gasteiger charge is -2.54. The maximum Gasteiger partial charge on any atom is 0.321 e. The molecule has 3 fully saturated rings. The zero-order chi connectivity index (χ0) is 22.4. The van der Waals surface area contributed by atoms with Crippen LogP contribution >= 0.6 is 0 Å². The lowest BCUT2D eigenvalue weighted by Crippen LogP contribution is -2.72. The molecule has 0 aromatic heterocycles. The van der Waals surface area contributed by atoms with Crippen LogP contribution in [0.4, 0.5) is 10.5 Å². The number of nitriles is 1. The number of urea groups is 1. The Kier molecular flexibility index (Phi) is 4.67. The Labute approximate surface area is 191 Å². The first-order valence-electron chi connectivity index (χ1n) is 11.0. The summed E-state index contributed by atoms with van der Waals surface area (Å²) in [5, 5.41) is 15.5. The molecular formula is C26H22N4O3. The lowest BCUT2D eigenvalue weighted by atomic mass is 9.74. The molecule has 4 aliphatic rings. The molecule has 7 nitrogen and oxygen atoms in total. The summed E-state index contributed by atoms with van der Waals surface area (Å²) in [6.07, 6.45) is 0. The first-order valence-corrected chi connectivity index (χ1v) is 11.0. The Balaban J connectivity index is 1.10. The molecule has 3 aromatic carbocycles. The van der Waals surface area contributed by atoms with Crippen LogP contribution in [0.5, 0.6) is 11.5 Å². The van der Waals surface area contributed by atoms with E-state index in [0.29, 0.717) is 41.8 Å². The van der Waals surface area contributed by atoms with Gasteiger partial charge in [0.1, 0.15) is 0 Å². The second-order valence-electron chi connectivity index (χ2n) is 8.62. The first kappa shape index (κ1) is 19.6. The van der Waals surface area contributed by atoms with Crippen molar-refractivity contribution in [2.45, 2.75) is 18.0 Å². The quantitative estimate of drug-likeness (QED) is 0.647. The van der Waals surface area contributed by atoms with Gasteiger partial charge in [0.25, 0.3) is 0 Å². The molecule has 2 amide bonds. The minimum atomic E-state index is -0.0972. The van der Waals surface area contributed by atoms with Crippen LogP contribution in [0, 0.1) is 11.3 Å². The summed E-state index contributed by atoms with van der Waals surface area (Å²) < 4.78 is 10.7. The summed E-state index contributed by atoms with van der Waals surface area (Å²) in [5.74, 6) is 1.75. The number of hydrogen-bond donors (Lipinski definition) is 2. The Morgan fingerprint density at radius 3 is 2.30 bits per heavy atom. The van der Waals surface area contributed by atoms with Crippen LogP contribution < -0.4 is 20.1 Å². The predicted octanol–water partition coefficient (Wildman–Crippen LogP) is 3.93. The second-order valence-corrected chi connectivity index (χ2v) is 8.62. The Hall–Kier alpha value is -4.02. The third-order valence-corrected chi connectivity index (χ3v) is 6.68. The fourth-order valence-electron chi connectivity index (χ4n) is 4.97. The lowest BCUT2D eigenvalue weighted by molar-refractivity contribution is 0.0759. The summed E-state index contributed by atoms with van der Waals surface area (Å²) in [6.45, 7) is 1.54. The maximum absolute atomic E-state index is 12.8. The van der Waals surface area contributed by atoms with Gasteiger partial charge in [-0.05, 0) is 41.0 Å². The molecule has 1 unspecified atom stereocenters. The van der Waals surface area contributed by atoms with Crippen molar-refractivity contribution >= 4 is 11.7 Å². The highest BCUT2D eigenvalue weighted by molar-refractivity contribution is 5.90. The van der Waals surface area contributed by atoms with Crippen molar-refractivity contribution in [1.29, 1.82) is 5.26 Å². The van der Waals surface area contributed by atoms with E-state index in [4.69, 9.17) is 14.7 Å². The van der Waals surface area contributed by atoms with E-state index >= 15 is 0 Å². The van der Waals surface area contributed by atoms with Gasteiger partial charge in [-0.1, -0.05) is 36.4 Å². The minimum Gasteiger partial charge on any atom is -0.454 e. The molecule has 4 aliphatic heterocycles. The average Bonchev–Trinajstić information content (AvgIpc) is 3.32. The van der Waals surface area contributed by atoms with E-state index < -0.39 is 0 Å². The first-order chi connectivity index (χ1) is 16.2. The molecule has 7 heteroatoms. The van der Waals surface area contributed by atoms with Crippen LogP contribution in [-0.4, -0.2) is 42.9 Å². The summed E-state index contributed by atoms with van der Waals surface area (Å²) in [5.41, 5.74) is 4.88. The SMILES string of the molecule is N#Cc1ccc(-c2ccc(C3[C@@H]4CN(C(=O)Nc5ccc6c(c5)OCO6)C[C@H]3N4)cc2)cc1. The number of amides is 2. The summed E-state index contributed by atoms with van der Waals surface area (Å²) in [7, 11) is 0. The van der Waals surface area contributed by atoms with E-state index in [-0.39, 0.29) is 24.9 Å². The van der Waals surface area contributed by atoms with Crippen LogP contribution in [-0.2, 0) is 0 Å². The topological polar surface area (TPSA) is 86.6 Å². The molecule has 0 saturated carbocycles. The third kappa shape index (κ3) is 3.55. The van der Waals surface area contributed by atoms with Crippen molar-refractivity contribution in [2.24, 2.45) is 0 Å². The van der Waals surface area contributed by atoms with Crippen LogP contribution in [0.1, 0.15) is 17.0 Å². The molecule has 7 rings (SSSR count). The summed E-state index contributed by atoms with van der Waals surface area (Å²) >= 11 is 0. The molecule has 0 radical (unpaired) electrons. The van der Waals surface area contributed by atoms with Gasteiger partial charge < -0.3 is 25.0 Å². The Morgan fingerprint density at radius 1 is 0.939 bits per heavy atom. The van der Waals surface area contributed by atoms with Crippen LogP contribution in [0.25, 0.3) is 11.1 Å². The summed E-state index contributed by atoms with van der Waals surface area (Å²) in [4.78, 5) is 14.7. The van der Waals surface area contributed by atoms with Gasteiger partial charge in [-0.3, -0.25) is 0 Å². The average molecular weight is 438 g/mol. The van der Waals surface area contributed by atoms with Gasteiger partial charge in [-0.25, -0.2) is 4.79 Å². The van der Waals surface area contributed by atoms with Gasteiger partial charge in [0.05, 0.1) is 11.6 Å². The molecule has 33 heavy (non-hydrogen) atoms. The summed E-state index contributed by atoms with van der Waals surface area (Å²) in [6, 6.07) is 24.2. The van der Waals surface area contributed by atoms with Gasteiger partial charge in [0, 0.05) is 42.8 Å². The second kappa shape index (κ2) is 7.84. The fraction of sp³-hybridized carbons (Fsp3) is 0.231. The Morgan fingerprint density at radius 2 is 1.61 bits per heavy atom. The number of rotatable bonds is 3. The molecular weight excluding hydrogens is 416 g/mol. The van der Waals surface area contributed by atoms with Crippen molar-refractivity contribution in [3.8, 4) is 28.7 Å². The molecule has 3 atom stereocenters. The largest absolute Gasteiger partial charge is 0.454 e. The number of hydrogen-bond acceptors (Lipinski definition) is 5. The number of piperidine rings is 1. The molecule has 3 saturated heterocycles. The van der Waals surface area contributed by atoms with Crippen molar-refractivity contribution in [3.63, 3.8) is 0 Å². The number of nitrogens with zero attached hydrogens (tertiary/aromatic N) is 2. The highest BCUT2D eigenvalue weighted by atomic mass is 16.7. The van der Waals surface area contributed by atoms with Gasteiger partial charge in [0.15, 0.2) is 11.5 Å². The van der Waals surface area contributed by atoms with Crippen LogP contribution in [0.2, 0.25) is 0 Å². The Bertz CT molecular complexity index is 1240. The number of benzene rings is 3. The highest BCUT2D eigenvalue weighted by Crippen LogP contribution is 2.38. The fourth-order valence-corrected chi connectivity index (χ4v) is 4.97. The molecule has 0 aliphatic carbocycles. The number of carbonyl (C=O) groups is 1. The zero-order valence-electron chi connectivity index (χ0n) is 17.8. The highest BCUT2D eigenvalue weighted by Gasteiger charge is 2.48. The van der Waals surface area contributed by atoms with Crippen LogP contribution in [0.3, 0.4) is 0 Å². The molecule has 3 aromatic rings. The van der Waals surface area contributed by atoms with Crippen molar-refractivity contribution < 1.29 is 14.3 Å². The zero-order valence-corrected chi connectivity index (χ0v) is 17.8. The van der Waals surface area contributed by atoms with Gasteiger partial charge >= 0.3 is 6.03 Å². The van der Waals surface area contributed by atoms with E-state index in [1.807, 2.05) is 41.3 Å². The number of anilines is 1. The standard InChI is InChI=1S/C26H22N4O3/c27-12-16-1-3-17(4-2-16)18-5-7-19(8-6-18)25-21-13-30(14-22(25)29-21)26(31)28-20-9-10-23-24(11-20)33-15-32-23/h1-11,21-22,25,29H,13-15H2,(H,28,31)/t21-,22+,25?. The van der Waals surface area contributed by atoms with Gasteiger partial charge in [-0.15, -0.1) is 0 Å². The number of piperazine rings is 1. The molecule has 2 N–H and O–H groups in total. The number of carbonyl (C=O) groups excluding carboxylic acids is 1. The van der Waals surface area contributed by atoms with Crippen molar-refractivity contribution in [3.05, 3.63) is 77.9 Å². The third-order valence-electron chi connectivity index (χ3n) is 6.68. The van der Waals surface area contributed by atoms with Crippen LogP contribution in [0.15, 0.2) is 66.7 Å². The van der Waals surface area contributed by atoms with Crippen molar-refractivity contribution in [2.75, 3.05) is 25.2 Å². The van der Waals surface area contributed by atoms with E-state index in [1.165, 1.54) is 5.56 Å². The molecule has 0 spiro atoms. The normalized spacial score (nSPS) is 22.3. The van der Waals surface area contributed by atoms with Gasteiger partial charge in [-0.2, -0.15) is 5.26 Å². The monoisotopic (exact) mass is 438 g/mol. The van der Waals surface area contributed by atoms with E-state index in [1.54, 1.807) is 6.07 Å². The molecule has 2 bridgehead atoms. The number of fused-ring (bicyclic) bond motifs is 3. The maximum atomic E-state index is 12.8. The smallest absolute Gasteiger partial charge is 0.321 e. The van der Waals surface area contributed by atoms with Crippen molar-refractivity contribution in [1.82, 2.24) is 10.2 Å². The predicted molar refractivity (Wildman–Crippen MR) is 123 cm³/mol. The number of nitrogens with one attached hydrogen (secondary N) is 2.